The van der Waals surface area contributed by atoms with E-state index in [1.807, 2.05) is 6.92 Å². The van der Waals surface area contributed by atoms with Crippen LogP contribution in [0.15, 0.2) is 42.5 Å². The number of hydrogen-bond donors (Lipinski definition) is 3. The van der Waals surface area contributed by atoms with Crippen molar-refractivity contribution < 1.29 is 14.0 Å². The Balaban J connectivity index is 1.40. The summed E-state index contributed by atoms with van der Waals surface area (Å²) in [5.41, 5.74) is 2.39. The van der Waals surface area contributed by atoms with E-state index in [0.717, 1.165) is 24.8 Å². The maximum absolute atomic E-state index is 14.8. The Labute approximate surface area is 187 Å². The molecule has 4 rings (SSSR count). The van der Waals surface area contributed by atoms with E-state index in [-0.39, 0.29) is 24.3 Å². The Morgan fingerprint density at radius 2 is 1.94 bits per heavy atom. The van der Waals surface area contributed by atoms with Crippen molar-refractivity contribution >= 4 is 11.8 Å². The van der Waals surface area contributed by atoms with Gasteiger partial charge in [-0.25, -0.2) is 4.39 Å². The lowest BCUT2D eigenvalue weighted by molar-refractivity contribution is -0.124. The number of nitrogens with zero attached hydrogens (tertiary/aromatic N) is 1. The second-order valence-corrected chi connectivity index (χ2v) is 8.55. The molecule has 166 valence electrons. The van der Waals surface area contributed by atoms with Crippen LogP contribution in [0.2, 0.25) is 0 Å². The van der Waals surface area contributed by atoms with Crippen LogP contribution < -0.4 is 16.0 Å². The van der Waals surface area contributed by atoms with Gasteiger partial charge < -0.3 is 16.0 Å². The summed E-state index contributed by atoms with van der Waals surface area (Å²) in [4.78, 5) is 24.5. The molecule has 2 aliphatic rings. The summed E-state index contributed by atoms with van der Waals surface area (Å²) in [6.45, 7) is 2.41. The molecule has 2 bridgehead atoms. The average molecular weight is 435 g/mol. The van der Waals surface area contributed by atoms with E-state index in [1.54, 1.807) is 36.4 Å². The first kappa shape index (κ1) is 22.0. The summed E-state index contributed by atoms with van der Waals surface area (Å²) >= 11 is 0. The molecule has 1 aliphatic carbocycles. The van der Waals surface area contributed by atoms with Gasteiger partial charge in [-0.3, -0.25) is 9.59 Å². The van der Waals surface area contributed by atoms with Crippen LogP contribution in [0.4, 0.5) is 4.39 Å². The van der Waals surface area contributed by atoms with Gasteiger partial charge in [0.25, 0.3) is 5.91 Å². The van der Waals surface area contributed by atoms with E-state index in [1.165, 1.54) is 6.07 Å². The summed E-state index contributed by atoms with van der Waals surface area (Å²) < 4.78 is 14.8. The van der Waals surface area contributed by atoms with Crippen molar-refractivity contribution in [2.24, 2.45) is 5.92 Å². The fourth-order valence-electron chi connectivity index (χ4n) is 4.73. The fraction of sp³-hybridized carbons (Fsp3) is 0.400. The predicted octanol–water partition coefficient (Wildman–Crippen LogP) is 2.93. The minimum absolute atomic E-state index is 0.102. The summed E-state index contributed by atoms with van der Waals surface area (Å²) in [5.74, 6) is -0.420. The van der Waals surface area contributed by atoms with Crippen molar-refractivity contribution in [3.05, 3.63) is 59.4 Å². The van der Waals surface area contributed by atoms with Crippen LogP contribution in [-0.4, -0.2) is 36.5 Å². The minimum Gasteiger partial charge on any atom is -0.352 e. The molecule has 2 fully saturated rings. The van der Waals surface area contributed by atoms with Gasteiger partial charge >= 0.3 is 0 Å². The number of halogens is 1. The van der Waals surface area contributed by atoms with Gasteiger partial charge in [0.1, 0.15) is 11.9 Å². The number of hydrogen-bond acceptors (Lipinski definition) is 4. The van der Waals surface area contributed by atoms with Crippen molar-refractivity contribution in [2.75, 3.05) is 6.54 Å². The zero-order valence-electron chi connectivity index (χ0n) is 18.0. The Hall–Kier alpha value is -3.24. The highest BCUT2D eigenvalue weighted by atomic mass is 19.1. The number of fused-ring (bicyclic) bond motifs is 2. The fourth-order valence-corrected chi connectivity index (χ4v) is 4.73. The molecule has 1 saturated heterocycles. The van der Waals surface area contributed by atoms with Gasteiger partial charge in [-0.15, -0.1) is 0 Å². The summed E-state index contributed by atoms with van der Waals surface area (Å²) in [6, 6.07) is 13.3. The van der Waals surface area contributed by atoms with Crippen molar-refractivity contribution in [1.29, 1.82) is 5.26 Å². The lowest BCUT2D eigenvalue weighted by atomic mass is 9.97. The first-order valence-corrected chi connectivity index (χ1v) is 11.1. The van der Waals surface area contributed by atoms with Gasteiger partial charge in [-0.05, 0) is 67.0 Å². The van der Waals surface area contributed by atoms with Crippen LogP contribution in [0.3, 0.4) is 0 Å². The number of nitrogens with one attached hydrogen (secondary N) is 3. The highest BCUT2D eigenvalue weighted by molar-refractivity contribution is 5.94. The first-order chi connectivity index (χ1) is 15.5. The third-order valence-corrected chi connectivity index (χ3v) is 6.41. The molecule has 4 atom stereocenters. The monoisotopic (exact) mass is 434 g/mol. The Morgan fingerprint density at radius 1 is 1.19 bits per heavy atom. The predicted molar refractivity (Wildman–Crippen MR) is 119 cm³/mol. The quantitative estimate of drug-likeness (QED) is 0.625. The zero-order chi connectivity index (χ0) is 22.7. The summed E-state index contributed by atoms with van der Waals surface area (Å²) in [7, 11) is 0. The van der Waals surface area contributed by atoms with Gasteiger partial charge in [0.15, 0.2) is 0 Å². The molecule has 6 nitrogen and oxygen atoms in total. The van der Waals surface area contributed by atoms with Gasteiger partial charge in [0.05, 0.1) is 12.1 Å². The average Bonchev–Trinajstić information content (AvgIpc) is 3.44. The number of carbonyl (C=O) groups excluding carboxylic acids is 2. The van der Waals surface area contributed by atoms with Crippen molar-refractivity contribution in [1.82, 2.24) is 16.0 Å². The van der Waals surface area contributed by atoms with Crippen LogP contribution in [-0.2, 0) is 11.2 Å². The smallest absolute Gasteiger partial charge is 0.251 e. The van der Waals surface area contributed by atoms with E-state index < -0.39 is 11.9 Å². The van der Waals surface area contributed by atoms with Gasteiger partial charge in [0, 0.05) is 24.6 Å². The molecule has 0 spiro atoms. The molecule has 1 aliphatic heterocycles. The summed E-state index contributed by atoms with van der Waals surface area (Å²) in [5, 5.41) is 18.3. The van der Waals surface area contributed by atoms with Crippen LogP contribution in [0.5, 0.6) is 0 Å². The topological polar surface area (TPSA) is 94.0 Å². The van der Waals surface area contributed by atoms with Crippen LogP contribution >= 0.6 is 0 Å². The van der Waals surface area contributed by atoms with E-state index in [9.17, 15) is 19.2 Å². The molecule has 1 heterocycles. The molecule has 0 radical (unpaired) electrons. The lowest BCUT2D eigenvalue weighted by Gasteiger charge is -2.23. The molecule has 2 aromatic carbocycles. The Morgan fingerprint density at radius 3 is 2.53 bits per heavy atom. The van der Waals surface area contributed by atoms with E-state index in [4.69, 9.17) is 0 Å². The highest BCUT2D eigenvalue weighted by Gasteiger charge is 2.43. The van der Waals surface area contributed by atoms with E-state index in [0.29, 0.717) is 35.2 Å². The Kier molecular flexibility index (Phi) is 6.52. The van der Waals surface area contributed by atoms with Crippen molar-refractivity contribution in [3.8, 4) is 17.2 Å². The third-order valence-electron chi connectivity index (χ3n) is 6.41. The third kappa shape index (κ3) is 4.66. The maximum atomic E-state index is 14.8. The zero-order valence-corrected chi connectivity index (χ0v) is 18.0. The number of nitriles is 1. The molecular weight excluding hydrogens is 407 g/mol. The second-order valence-electron chi connectivity index (χ2n) is 8.55. The number of carbonyl (C=O) groups is 2. The minimum atomic E-state index is -0.792. The molecule has 7 heteroatoms. The maximum Gasteiger partial charge on any atom is 0.251 e. The second kappa shape index (κ2) is 9.49. The molecule has 1 saturated carbocycles. The normalized spacial score (nSPS) is 22.2. The lowest BCUT2D eigenvalue weighted by Crippen LogP contribution is -2.50. The molecule has 3 N–H and O–H groups in total. The van der Waals surface area contributed by atoms with Crippen molar-refractivity contribution in [2.45, 2.75) is 50.7 Å². The molecule has 4 unspecified atom stereocenters. The number of benzene rings is 2. The first-order valence-electron chi connectivity index (χ1n) is 11.1. The number of rotatable bonds is 7. The summed E-state index contributed by atoms with van der Waals surface area (Å²) in [6.07, 6.45) is 3.25. The number of amides is 2. The van der Waals surface area contributed by atoms with Crippen molar-refractivity contribution in [3.63, 3.8) is 0 Å². The van der Waals surface area contributed by atoms with Crippen LogP contribution in [0.1, 0.15) is 42.1 Å². The van der Waals surface area contributed by atoms with E-state index >= 15 is 0 Å². The molecule has 2 aromatic rings. The van der Waals surface area contributed by atoms with E-state index in [2.05, 4.69) is 22.0 Å². The SMILES string of the molecule is CCNC(=O)c1ccc(-c2ccc(CC(C#N)NC(=O)C3NC4CCC3C4)c(F)c2)cc1. The molecule has 32 heavy (non-hydrogen) atoms. The Bertz CT molecular complexity index is 1050. The largest absolute Gasteiger partial charge is 0.352 e. The standard InChI is InChI=1S/C25H27FN4O2/c1-2-28-24(31)16-5-3-15(4-6-16)17-7-8-18(22(26)13-17)11-21(14-27)30-25(32)23-19-9-10-20(12-19)29-23/h3-8,13,19-21,23,29H,2,9-12H2,1H3,(H,28,31)(H,30,32). The van der Waals surface area contributed by atoms with Gasteiger partial charge in [-0.1, -0.05) is 24.3 Å². The van der Waals surface area contributed by atoms with Gasteiger partial charge in [0.2, 0.25) is 5.91 Å². The van der Waals surface area contributed by atoms with Crippen LogP contribution in [0, 0.1) is 23.1 Å². The highest BCUT2D eigenvalue weighted by Crippen LogP contribution is 2.35. The molecular formula is C25H27FN4O2. The number of piperidine rings is 1. The molecule has 2 amide bonds. The van der Waals surface area contributed by atoms with Crippen LogP contribution in [0.25, 0.3) is 11.1 Å². The molecule has 0 aromatic heterocycles. The van der Waals surface area contributed by atoms with Gasteiger partial charge in [-0.2, -0.15) is 5.26 Å².